The average molecular weight is 424 g/mol. The zero-order valence-electron chi connectivity index (χ0n) is 17.8. The number of hydrogen-bond donors (Lipinski definition) is 1. The van der Waals surface area contributed by atoms with Crippen molar-refractivity contribution in [2.24, 2.45) is 7.05 Å². The van der Waals surface area contributed by atoms with Crippen LogP contribution in [0.2, 0.25) is 0 Å². The Labute approximate surface area is 183 Å². The van der Waals surface area contributed by atoms with Crippen molar-refractivity contribution in [1.29, 1.82) is 0 Å². The number of anilines is 1. The Balaban J connectivity index is 1.33. The minimum absolute atomic E-state index is 0.231. The van der Waals surface area contributed by atoms with Crippen LogP contribution in [0.15, 0.2) is 65.2 Å². The number of aromatic nitrogens is 5. The highest BCUT2D eigenvalue weighted by Gasteiger charge is 2.13. The van der Waals surface area contributed by atoms with Crippen LogP contribution in [0.3, 0.4) is 0 Å². The van der Waals surface area contributed by atoms with Crippen LogP contribution >= 0.6 is 0 Å². The summed E-state index contributed by atoms with van der Waals surface area (Å²) in [5.74, 6) is 0.625. The molecule has 3 aromatic heterocycles. The van der Waals surface area contributed by atoms with Gasteiger partial charge in [-0.25, -0.2) is 4.98 Å². The Morgan fingerprint density at radius 2 is 1.72 bits per heavy atom. The standard InChI is InChI=1S/C24H20N6O2/c1-14-5-4-6-18(11-14)24-28-27-23(32-24)17-9-7-16(8-10-17)22(31)26-19-12-20-15(2)29-30(3)21(20)25-13-19/h4-13H,1-3H3,(H,26,31). The Hall–Kier alpha value is -4.33. The predicted octanol–water partition coefficient (Wildman–Crippen LogP) is 4.55. The molecule has 0 aliphatic rings. The SMILES string of the molecule is Cc1cccc(-c2nnc(-c3ccc(C(=O)Nc4cnc5c(c4)c(C)nn5C)cc3)o2)c1. The molecule has 5 rings (SSSR count). The van der Waals surface area contributed by atoms with Gasteiger partial charge in [0.15, 0.2) is 5.65 Å². The topological polar surface area (TPSA) is 98.7 Å². The summed E-state index contributed by atoms with van der Waals surface area (Å²) in [5, 5.41) is 16.4. The van der Waals surface area contributed by atoms with Gasteiger partial charge in [0.2, 0.25) is 11.8 Å². The van der Waals surface area contributed by atoms with E-state index in [0.717, 1.165) is 33.4 Å². The number of rotatable bonds is 4. The van der Waals surface area contributed by atoms with Gasteiger partial charge in [0.05, 0.1) is 17.6 Å². The number of benzene rings is 2. The number of hydrogen-bond acceptors (Lipinski definition) is 6. The molecule has 1 amide bonds. The molecule has 0 saturated carbocycles. The van der Waals surface area contributed by atoms with Gasteiger partial charge in [-0.1, -0.05) is 17.7 Å². The van der Waals surface area contributed by atoms with E-state index >= 15 is 0 Å². The first kappa shape index (κ1) is 19.6. The fraction of sp³-hybridized carbons (Fsp3) is 0.125. The van der Waals surface area contributed by atoms with Gasteiger partial charge < -0.3 is 9.73 Å². The minimum atomic E-state index is -0.231. The van der Waals surface area contributed by atoms with Crippen LogP contribution in [0.4, 0.5) is 5.69 Å². The fourth-order valence-corrected chi connectivity index (χ4v) is 3.58. The smallest absolute Gasteiger partial charge is 0.255 e. The van der Waals surface area contributed by atoms with E-state index in [0.29, 0.717) is 23.0 Å². The minimum Gasteiger partial charge on any atom is -0.416 e. The molecule has 0 saturated heterocycles. The highest BCUT2D eigenvalue weighted by atomic mass is 16.4. The molecule has 0 unspecified atom stereocenters. The molecule has 3 heterocycles. The molecule has 1 N–H and O–H groups in total. The highest BCUT2D eigenvalue weighted by Crippen LogP contribution is 2.25. The number of amides is 1. The van der Waals surface area contributed by atoms with E-state index in [2.05, 4.69) is 25.6 Å². The summed E-state index contributed by atoms with van der Waals surface area (Å²) in [6.07, 6.45) is 1.63. The van der Waals surface area contributed by atoms with Crippen molar-refractivity contribution in [2.45, 2.75) is 13.8 Å². The lowest BCUT2D eigenvalue weighted by atomic mass is 10.1. The number of carbonyl (C=O) groups excluding carboxylic acids is 1. The maximum absolute atomic E-state index is 12.7. The molecule has 0 radical (unpaired) electrons. The van der Waals surface area contributed by atoms with E-state index < -0.39 is 0 Å². The van der Waals surface area contributed by atoms with Gasteiger partial charge in [-0.15, -0.1) is 10.2 Å². The van der Waals surface area contributed by atoms with Crippen molar-refractivity contribution in [3.63, 3.8) is 0 Å². The zero-order valence-corrected chi connectivity index (χ0v) is 17.8. The van der Waals surface area contributed by atoms with Crippen molar-refractivity contribution < 1.29 is 9.21 Å². The molecule has 0 atom stereocenters. The molecule has 0 fully saturated rings. The summed E-state index contributed by atoms with van der Waals surface area (Å²) in [5.41, 5.74) is 5.48. The Morgan fingerprint density at radius 3 is 2.47 bits per heavy atom. The molecule has 0 aliphatic heterocycles. The first-order valence-corrected chi connectivity index (χ1v) is 10.1. The lowest BCUT2D eigenvalue weighted by Gasteiger charge is -2.06. The Morgan fingerprint density at radius 1 is 0.969 bits per heavy atom. The van der Waals surface area contributed by atoms with Gasteiger partial charge in [0, 0.05) is 29.1 Å². The van der Waals surface area contributed by atoms with Crippen LogP contribution in [0.1, 0.15) is 21.6 Å². The molecule has 0 spiro atoms. The van der Waals surface area contributed by atoms with Crippen LogP contribution in [-0.4, -0.2) is 30.9 Å². The molecule has 0 aliphatic carbocycles. The maximum atomic E-state index is 12.7. The quantitative estimate of drug-likeness (QED) is 0.454. The average Bonchev–Trinajstić information content (AvgIpc) is 3.39. The third-order valence-electron chi connectivity index (χ3n) is 5.20. The van der Waals surface area contributed by atoms with E-state index in [9.17, 15) is 4.79 Å². The summed E-state index contributed by atoms with van der Waals surface area (Å²) >= 11 is 0. The van der Waals surface area contributed by atoms with E-state index in [1.54, 1.807) is 35.1 Å². The summed E-state index contributed by atoms with van der Waals surface area (Å²) < 4.78 is 7.54. The maximum Gasteiger partial charge on any atom is 0.255 e. The van der Waals surface area contributed by atoms with Gasteiger partial charge in [-0.2, -0.15) is 5.10 Å². The van der Waals surface area contributed by atoms with Gasteiger partial charge in [-0.3, -0.25) is 9.48 Å². The van der Waals surface area contributed by atoms with Crippen molar-refractivity contribution in [3.8, 4) is 22.9 Å². The van der Waals surface area contributed by atoms with Crippen LogP contribution in [0.5, 0.6) is 0 Å². The molecule has 8 nitrogen and oxygen atoms in total. The van der Waals surface area contributed by atoms with Crippen molar-refractivity contribution in [1.82, 2.24) is 25.0 Å². The van der Waals surface area contributed by atoms with Crippen molar-refractivity contribution in [2.75, 3.05) is 5.32 Å². The Bertz CT molecular complexity index is 1450. The summed E-state index contributed by atoms with van der Waals surface area (Å²) in [7, 11) is 1.84. The summed E-state index contributed by atoms with van der Waals surface area (Å²) in [6.45, 7) is 3.92. The van der Waals surface area contributed by atoms with Crippen LogP contribution in [-0.2, 0) is 7.05 Å². The first-order valence-electron chi connectivity index (χ1n) is 10.1. The van der Waals surface area contributed by atoms with Gasteiger partial charge in [-0.05, 0) is 56.3 Å². The number of fused-ring (bicyclic) bond motifs is 1. The van der Waals surface area contributed by atoms with E-state index in [1.807, 2.05) is 51.2 Å². The highest BCUT2D eigenvalue weighted by molar-refractivity contribution is 6.05. The largest absolute Gasteiger partial charge is 0.416 e. The molecule has 158 valence electrons. The lowest BCUT2D eigenvalue weighted by Crippen LogP contribution is -2.12. The summed E-state index contributed by atoms with van der Waals surface area (Å²) in [4.78, 5) is 17.1. The van der Waals surface area contributed by atoms with E-state index in [4.69, 9.17) is 4.42 Å². The molecule has 2 aromatic carbocycles. The number of nitrogens with zero attached hydrogens (tertiary/aromatic N) is 5. The summed E-state index contributed by atoms with van der Waals surface area (Å²) in [6, 6.07) is 16.8. The number of aryl methyl sites for hydroxylation is 3. The van der Waals surface area contributed by atoms with Gasteiger partial charge >= 0.3 is 0 Å². The van der Waals surface area contributed by atoms with E-state index in [-0.39, 0.29) is 5.91 Å². The second-order valence-corrected chi connectivity index (χ2v) is 7.62. The second kappa shape index (κ2) is 7.73. The van der Waals surface area contributed by atoms with E-state index in [1.165, 1.54) is 0 Å². The molecule has 0 bridgehead atoms. The van der Waals surface area contributed by atoms with Crippen molar-refractivity contribution >= 4 is 22.6 Å². The van der Waals surface area contributed by atoms with Crippen LogP contribution < -0.4 is 5.32 Å². The number of carbonyl (C=O) groups is 1. The molecule has 5 aromatic rings. The van der Waals surface area contributed by atoms with Crippen LogP contribution in [0.25, 0.3) is 33.9 Å². The molecule has 32 heavy (non-hydrogen) atoms. The molecular weight excluding hydrogens is 404 g/mol. The third kappa shape index (κ3) is 3.62. The monoisotopic (exact) mass is 424 g/mol. The first-order chi connectivity index (χ1) is 15.5. The Kier molecular flexibility index (Phi) is 4.74. The van der Waals surface area contributed by atoms with Gasteiger partial charge in [0.25, 0.3) is 5.91 Å². The second-order valence-electron chi connectivity index (χ2n) is 7.62. The van der Waals surface area contributed by atoms with Gasteiger partial charge in [0.1, 0.15) is 0 Å². The normalized spacial score (nSPS) is 11.1. The lowest BCUT2D eigenvalue weighted by molar-refractivity contribution is 0.102. The fourth-order valence-electron chi connectivity index (χ4n) is 3.58. The molecule has 8 heteroatoms. The van der Waals surface area contributed by atoms with Crippen molar-refractivity contribution in [3.05, 3.63) is 77.6 Å². The third-order valence-corrected chi connectivity index (χ3v) is 5.20. The number of nitrogens with one attached hydrogen (secondary N) is 1. The zero-order chi connectivity index (χ0) is 22.2. The predicted molar refractivity (Wildman–Crippen MR) is 121 cm³/mol. The number of pyridine rings is 1. The van der Waals surface area contributed by atoms with Crippen LogP contribution in [0, 0.1) is 13.8 Å². The molecular formula is C24H20N6O2.